The Morgan fingerprint density at radius 1 is 0.654 bits per heavy atom. The molecule has 0 saturated heterocycles. The van der Waals surface area contributed by atoms with Gasteiger partial charge < -0.3 is 5.32 Å². The van der Waals surface area contributed by atoms with Crippen LogP contribution in [0.5, 0.6) is 0 Å². The number of alkyl halides is 12. The minimum atomic E-state index is -6.35. The van der Waals surface area contributed by atoms with Gasteiger partial charge in [0.25, 0.3) is 0 Å². The Labute approximate surface area is 138 Å². The normalized spacial score (nSPS) is 15.3. The molecular formula is C13H9F12N. The van der Waals surface area contributed by atoms with Crippen molar-refractivity contribution in [1.29, 1.82) is 0 Å². The van der Waals surface area contributed by atoms with Crippen LogP contribution in [0, 0.1) is 0 Å². The third kappa shape index (κ3) is 4.35. The lowest BCUT2D eigenvalue weighted by Crippen LogP contribution is -2.30. The van der Waals surface area contributed by atoms with E-state index >= 15 is 0 Å². The summed E-state index contributed by atoms with van der Waals surface area (Å²) in [6.07, 6.45) is -24.6. The molecule has 0 aromatic heterocycles. The molecule has 0 aliphatic heterocycles. The molecular weight excluding hydrogens is 398 g/mol. The second-order valence-electron chi connectivity index (χ2n) is 5.14. The van der Waals surface area contributed by atoms with Gasteiger partial charge in [0, 0.05) is 6.04 Å². The van der Waals surface area contributed by atoms with Crippen molar-refractivity contribution in [1.82, 2.24) is 5.32 Å². The lowest BCUT2D eigenvalue weighted by molar-refractivity contribution is -0.183. The zero-order valence-corrected chi connectivity index (χ0v) is 12.7. The first-order chi connectivity index (χ1) is 11.3. The topological polar surface area (TPSA) is 12.0 Å². The first kappa shape index (κ1) is 22.4. The minimum Gasteiger partial charge on any atom is -0.313 e. The third-order valence-corrected chi connectivity index (χ3v) is 3.41. The predicted octanol–water partition coefficient (Wildman–Crippen LogP) is 6.04. The van der Waals surface area contributed by atoms with Crippen molar-refractivity contribution in [2.24, 2.45) is 0 Å². The van der Waals surface area contributed by atoms with Crippen LogP contribution in [0.3, 0.4) is 0 Å². The van der Waals surface area contributed by atoms with Gasteiger partial charge in [0.05, 0.1) is 22.3 Å². The smallest absolute Gasteiger partial charge is 0.313 e. The number of nitrogens with one attached hydrogen (secondary N) is 1. The first-order valence-corrected chi connectivity index (χ1v) is 6.50. The van der Waals surface area contributed by atoms with Gasteiger partial charge in [-0.15, -0.1) is 0 Å². The van der Waals surface area contributed by atoms with Gasteiger partial charge >= 0.3 is 24.7 Å². The highest BCUT2D eigenvalue weighted by atomic mass is 19.4. The van der Waals surface area contributed by atoms with Crippen LogP contribution in [0.25, 0.3) is 0 Å². The molecule has 0 saturated carbocycles. The SMILES string of the molecule is CNC(C)c1cc(C(F)(F)F)c(C(F)(F)F)c(C(F)(F)F)c1C(F)(F)F. The van der Waals surface area contributed by atoms with E-state index in [1.54, 1.807) is 0 Å². The van der Waals surface area contributed by atoms with Gasteiger partial charge in [0.15, 0.2) is 0 Å². The van der Waals surface area contributed by atoms with Crippen LogP contribution in [-0.4, -0.2) is 7.05 Å². The van der Waals surface area contributed by atoms with Crippen molar-refractivity contribution >= 4 is 0 Å². The highest BCUT2D eigenvalue weighted by Crippen LogP contribution is 2.52. The first-order valence-electron chi connectivity index (χ1n) is 6.50. The fourth-order valence-electron chi connectivity index (χ4n) is 2.31. The molecule has 0 amide bonds. The van der Waals surface area contributed by atoms with Gasteiger partial charge in [0.2, 0.25) is 0 Å². The Morgan fingerprint density at radius 3 is 1.31 bits per heavy atom. The summed E-state index contributed by atoms with van der Waals surface area (Å²) in [4.78, 5) is 0. The number of benzene rings is 1. The largest absolute Gasteiger partial charge is 0.417 e. The van der Waals surface area contributed by atoms with Crippen LogP contribution in [0.4, 0.5) is 52.7 Å². The molecule has 0 heterocycles. The van der Waals surface area contributed by atoms with E-state index in [0.717, 1.165) is 14.0 Å². The van der Waals surface area contributed by atoms with Crippen molar-refractivity contribution in [3.8, 4) is 0 Å². The van der Waals surface area contributed by atoms with Crippen molar-refractivity contribution in [2.75, 3.05) is 7.05 Å². The monoisotopic (exact) mass is 407 g/mol. The van der Waals surface area contributed by atoms with Crippen LogP contribution in [0.2, 0.25) is 0 Å². The van der Waals surface area contributed by atoms with E-state index in [4.69, 9.17) is 0 Å². The summed E-state index contributed by atoms with van der Waals surface area (Å²) in [6.45, 7) is 0.776. The highest BCUT2D eigenvalue weighted by Gasteiger charge is 2.56. The van der Waals surface area contributed by atoms with Crippen molar-refractivity contribution in [3.05, 3.63) is 33.9 Å². The Balaban J connectivity index is 4.33. The summed E-state index contributed by atoms with van der Waals surface area (Å²) in [5.74, 6) is 0. The second-order valence-corrected chi connectivity index (χ2v) is 5.14. The molecule has 1 N–H and O–H groups in total. The van der Waals surface area contributed by atoms with Gasteiger partial charge in [-0.3, -0.25) is 0 Å². The maximum absolute atomic E-state index is 13.2. The van der Waals surface area contributed by atoms with Crippen LogP contribution in [0.15, 0.2) is 6.07 Å². The standard InChI is InChI=1S/C13H9F12N/c1-4(26-2)5-3-6(10(14,15)16)8(12(20,21)22)9(13(23,24)25)7(5)11(17,18)19/h3-4,26H,1-2H3. The van der Waals surface area contributed by atoms with Gasteiger partial charge in [-0.25, -0.2) is 0 Å². The molecule has 0 spiro atoms. The molecule has 13 heteroatoms. The number of hydrogen-bond acceptors (Lipinski definition) is 1. The fourth-order valence-corrected chi connectivity index (χ4v) is 2.31. The minimum absolute atomic E-state index is 0.554. The number of rotatable bonds is 2. The maximum Gasteiger partial charge on any atom is 0.417 e. The molecule has 1 nitrogen and oxygen atoms in total. The van der Waals surface area contributed by atoms with Gasteiger partial charge in [-0.05, 0) is 25.6 Å². The molecule has 0 aliphatic rings. The van der Waals surface area contributed by atoms with E-state index in [1.165, 1.54) is 0 Å². The Kier molecular flexibility index (Phi) is 5.59. The number of halogens is 12. The van der Waals surface area contributed by atoms with E-state index in [9.17, 15) is 52.7 Å². The van der Waals surface area contributed by atoms with Gasteiger partial charge in [0.1, 0.15) is 0 Å². The predicted molar refractivity (Wildman–Crippen MR) is 63.9 cm³/mol. The Morgan fingerprint density at radius 2 is 1.04 bits per heavy atom. The zero-order valence-electron chi connectivity index (χ0n) is 12.7. The molecule has 0 bridgehead atoms. The maximum atomic E-state index is 13.2. The molecule has 1 aromatic carbocycles. The summed E-state index contributed by atoms with van der Waals surface area (Å²) in [6, 6.07) is -2.31. The summed E-state index contributed by atoms with van der Waals surface area (Å²) < 4.78 is 157. The molecule has 0 aliphatic carbocycles. The lowest BCUT2D eigenvalue weighted by Gasteiger charge is -2.28. The summed E-state index contributed by atoms with van der Waals surface area (Å²) in [5.41, 5.74) is -14.1. The summed E-state index contributed by atoms with van der Waals surface area (Å²) in [7, 11) is 0.920. The quantitative estimate of drug-likeness (QED) is 0.590. The van der Waals surface area contributed by atoms with Crippen molar-refractivity contribution in [3.63, 3.8) is 0 Å². The molecule has 1 atom stereocenters. The third-order valence-electron chi connectivity index (χ3n) is 3.41. The molecule has 1 unspecified atom stereocenters. The van der Waals surface area contributed by atoms with E-state index < -0.39 is 64.6 Å². The molecule has 1 rings (SSSR count). The molecule has 26 heavy (non-hydrogen) atoms. The molecule has 0 fully saturated rings. The van der Waals surface area contributed by atoms with Crippen LogP contribution < -0.4 is 5.32 Å². The lowest BCUT2D eigenvalue weighted by atomic mass is 9.87. The Hall–Kier alpha value is -1.66. The van der Waals surface area contributed by atoms with E-state index in [1.807, 2.05) is 5.32 Å². The van der Waals surface area contributed by atoms with Crippen molar-refractivity contribution in [2.45, 2.75) is 37.7 Å². The average Bonchev–Trinajstić information content (AvgIpc) is 2.40. The molecule has 0 radical (unpaired) electrons. The van der Waals surface area contributed by atoms with Crippen LogP contribution in [-0.2, 0) is 24.7 Å². The van der Waals surface area contributed by atoms with E-state index in [-0.39, 0.29) is 0 Å². The zero-order chi connectivity index (χ0) is 20.9. The van der Waals surface area contributed by atoms with E-state index in [0.29, 0.717) is 0 Å². The van der Waals surface area contributed by atoms with Crippen molar-refractivity contribution < 1.29 is 52.7 Å². The van der Waals surface area contributed by atoms with E-state index in [2.05, 4.69) is 0 Å². The van der Waals surface area contributed by atoms with Gasteiger partial charge in [-0.1, -0.05) is 0 Å². The summed E-state index contributed by atoms with van der Waals surface area (Å²) in [5, 5.41) is 1.99. The molecule has 150 valence electrons. The van der Waals surface area contributed by atoms with Crippen LogP contribution >= 0.6 is 0 Å². The number of hydrogen-bond donors (Lipinski definition) is 1. The Bertz CT molecular complexity index is 662. The fraction of sp³-hybridized carbons (Fsp3) is 0.538. The molecule has 1 aromatic rings. The van der Waals surface area contributed by atoms with Gasteiger partial charge in [-0.2, -0.15) is 52.7 Å². The average molecular weight is 407 g/mol. The summed E-state index contributed by atoms with van der Waals surface area (Å²) >= 11 is 0. The highest BCUT2D eigenvalue weighted by molar-refractivity contribution is 5.52. The van der Waals surface area contributed by atoms with Crippen LogP contribution in [0.1, 0.15) is 40.8 Å². The second kappa shape index (κ2) is 6.50.